The van der Waals surface area contributed by atoms with Crippen LogP contribution in [0.2, 0.25) is 0 Å². The van der Waals surface area contributed by atoms with Crippen LogP contribution in [0.3, 0.4) is 0 Å². The van der Waals surface area contributed by atoms with Crippen molar-refractivity contribution >= 4 is 23.2 Å². The summed E-state index contributed by atoms with van der Waals surface area (Å²) < 4.78 is 14.7. The molecule has 0 aliphatic carbocycles. The largest absolute Gasteiger partial charge is 0.349 e. The summed E-state index contributed by atoms with van der Waals surface area (Å²) in [5, 5.41) is 8.83. The monoisotopic (exact) mass is 387 g/mol. The highest BCUT2D eigenvalue weighted by Crippen LogP contribution is 2.25. The number of rotatable bonds is 6. The highest BCUT2D eigenvalue weighted by atomic mass is 32.1. The van der Waals surface area contributed by atoms with Gasteiger partial charge in [0, 0.05) is 27.1 Å². The number of nitrogens with one attached hydrogen (secondary N) is 1. The lowest BCUT2D eigenvalue weighted by Gasteiger charge is -2.09. The highest BCUT2D eigenvalue weighted by molar-refractivity contribution is 7.13. The van der Waals surface area contributed by atoms with E-state index in [4.69, 9.17) is 0 Å². The number of amides is 2. The molecule has 2 amide bonds. The summed E-state index contributed by atoms with van der Waals surface area (Å²) in [7, 11) is 3.31. The number of nitrogens with zero attached hydrogens (tertiary/aromatic N) is 4. The number of hydrogen-bond acceptors (Lipinski definition) is 5. The first-order valence-corrected chi connectivity index (χ1v) is 9.09. The lowest BCUT2D eigenvalue weighted by molar-refractivity contribution is -0.128. The van der Waals surface area contributed by atoms with E-state index in [1.54, 1.807) is 26.2 Å². The van der Waals surface area contributed by atoms with Gasteiger partial charge in [0.25, 0.3) is 5.91 Å². The molecule has 0 saturated carbocycles. The average molecular weight is 387 g/mol. The minimum absolute atomic E-state index is 0.0139. The molecule has 0 aliphatic rings. The number of benzene rings is 1. The predicted octanol–water partition coefficient (Wildman–Crippen LogP) is 2.34. The maximum absolute atomic E-state index is 13.2. The Labute approximate surface area is 159 Å². The molecule has 0 fully saturated rings. The fourth-order valence-electron chi connectivity index (χ4n) is 2.32. The first-order chi connectivity index (χ1) is 13.0. The third-order valence-electron chi connectivity index (χ3n) is 3.75. The maximum Gasteiger partial charge on any atom is 0.291 e. The van der Waals surface area contributed by atoms with Crippen LogP contribution in [0.15, 0.2) is 41.8 Å². The molecule has 0 atom stereocenters. The van der Waals surface area contributed by atoms with Gasteiger partial charge in [-0.1, -0.05) is 6.07 Å². The summed E-state index contributed by atoms with van der Waals surface area (Å²) >= 11 is 1.46. The molecule has 2 aromatic heterocycles. The molecule has 0 bridgehead atoms. The third kappa shape index (κ3) is 4.37. The summed E-state index contributed by atoms with van der Waals surface area (Å²) in [5.74, 6) is -0.439. The van der Waals surface area contributed by atoms with Gasteiger partial charge >= 0.3 is 0 Å². The zero-order chi connectivity index (χ0) is 19.4. The van der Waals surface area contributed by atoms with Gasteiger partial charge in [0.05, 0.1) is 10.6 Å². The molecule has 0 saturated heterocycles. The van der Waals surface area contributed by atoms with Gasteiger partial charge in [-0.05, 0) is 35.7 Å². The van der Waals surface area contributed by atoms with Gasteiger partial charge < -0.3 is 10.2 Å². The van der Waals surface area contributed by atoms with Crippen LogP contribution >= 0.6 is 11.3 Å². The van der Waals surface area contributed by atoms with Crippen molar-refractivity contribution in [2.75, 3.05) is 20.6 Å². The lowest BCUT2D eigenvalue weighted by Crippen LogP contribution is -2.30. The van der Waals surface area contributed by atoms with E-state index in [2.05, 4.69) is 15.4 Å². The number of thiophene rings is 1. The third-order valence-corrected chi connectivity index (χ3v) is 4.61. The SMILES string of the molecule is CN(C)C(=O)CCNC(=O)c1nc(-c2cccs2)n(-c2ccc(F)cc2)n1. The van der Waals surface area contributed by atoms with E-state index < -0.39 is 5.91 Å². The number of carbonyl (C=O) groups is 2. The van der Waals surface area contributed by atoms with E-state index >= 15 is 0 Å². The van der Waals surface area contributed by atoms with Crippen LogP contribution < -0.4 is 5.32 Å². The van der Waals surface area contributed by atoms with Gasteiger partial charge in [0.2, 0.25) is 11.7 Å². The number of aromatic nitrogens is 3. The first kappa shape index (κ1) is 18.7. The molecule has 7 nitrogen and oxygen atoms in total. The van der Waals surface area contributed by atoms with Crippen LogP contribution in [0.1, 0.15) is 17.0 Å². The molecule has 0 spiro atoms. The Hall–Kier alpha value is -3.07. The molecule has 1 aromatic carbocycles. The summed E-state index contributed by atoms with van der Waals surface area (Å²) in [6, 6.07) is 9.52. The van der Waals surface area contributed by atoms with Crippen LogP contribution in [0.5, 0.6) is 0 Å². The molecule has 1 N–H and O–H groups in total. The maximum atomic E-state index is 13.2. The van der Waals surface area contributed by atoms with Crippen molar-refractivity contribution in [3.05, 3.63) is 53.4 Å². The molecule has 2 heterocycles. The Morgan fingerprint density at radius 3 is 2.59 bits per heavy atom. The van der Waals surface area contributed by atoms with Crippen molar-refractivity contribution < 1.29 is 14.0 Å². The summed E-state index contributed by atoms with van der Waals surface area (Å²) in [6.07, 6.45) is 0.190. The molecule has 140 valence electrons. The Morgan fingerprint density at radius 1 is 1.22 bits per heavy atom. The Morgan fingerprint density at radius 2 is 1.96 bits per heavy atom. The Kier molecular flexibility index (Phi) is 5.60. The summed E-state index contributed by atoms with van der Waals surface area (Å²) in [6.45, 7) is 0.190. The van der Waals surface area contributed by atoms with Crippen LogP contribution in [0.25, 0.3) is 16.4 Å². The Balaban J connectivity index is 1.84. The zero-order valence-corrected chi connectivity index (χ0v) is 15.7. The second-order valence-electron chi connectivity index (χ2n) is 5.92. The quantitative estimate of drug-likeness (QED) is 0.704. The standard InChI is InChI=1S/C18H18FN5O2S/c1-23(2)15(25)9-10-20-18(26)16-21-17(14-4-3-11-27-14)24(22-16)13-7-5-12(19)6-8-13/h3-8,11H,9-10H2,1-2H3,(H,20,26). The van der Waals surface area contributed by atoms with Gasteiger partial charge in [0.15, 0.2) is 5.82 Å². The van der Waals surface area contributed by atoms with E-state index in [9.17, 15) is 14.0 Å². The van der Waals surface area contributed by atoms with E-state index in [1.807, 2.05) is 17.5 Å². The molecule has 3 aromatic rings. The first-order valence-electron chi connectivity index (χ1n) is 8.21. The minimum Gasteiger partial charge on any atom is -0.349 e. The topological polar surface area (TPSA) is 80.1 Å². The smallest absolute Gasteiger partial charge is 0.291 e. The van der Waals surface area contributed by atoms with Crippen molar-refractivity contribution in [1.82, 2.24) is 25.0 Å². The van der Waals surface area contributed by atoms with Crippen LogP contribution in [-0.2, 0) is 4.79 Å². The fourth-order valence-corrected chi connectivity index (χ4v) is 3.02. The molecule has 0 unspecified atom stereocenters. The van der Waals surface area contributed by atoms with E-state index in [0.29, 0.717) is 11.5 Å². The van der Waals surface area contributed by atoms with Gasteiger partial charge in [0.1, 0.15) is 5.82 Å². The zero-order valence-electron chi connectivity index (χ0n) is 14.8. The number of hydrogen-bond donors (Lipinski definition) is 1. The molecule has 0 aliphatic heterocycles. The molecule has 3 rings (SSSR count). The number of halogens is 1. The van der Waals surface area contributed by atoms with E-state index in [0.717, 1.165) is 4.88 Å². The fraction of sp³-hybridized carbons (Fsp3) is 0.222. The van der Waals surface area contributed by atoms with Gasteiger partial charge in [-0.3, -0.25) is 9.59 Å². The normalized spacial score (nSPS) is 10.6. The van der Waals surface area contributed by atoms with Crippen molar-refractivity contribution in [2.24, 2.45) is 0 Å². The lowest BCUT2D eigenvalue weighted by atomic mass is 10.3. The van der Waals surface area contributed by atoms with Gasteiger partial charge in [-0.2, -0.15) is 0 Å². The van der Waals surface area contributed by atoms with Gasteiger partial charge in [-0.25, -0.2) is 14.1 Å². The predicted molar refractivity (Wildman–Crippen MR) is 100 cm³/mol. The van der Waals surface area contributed by atoms with Crippen LogP contribution in [0, 0.1) is 5.82 Å². The molecule has 27 heavy (non-hydrogen) atoms. The van der Waals surface area contributed by atoms with Crippen LogP contribution in [0.4, 0.5) is 4.39 Å². The molecule has 0 radical (unpaired) electrons. The summed E-state index contributed by atoms with van der Waals surface area (Å²) in [5.41, 5.74) is 0.592. The molecular formula is C18H18FN5O2S. The number of carbonyl (C=O) groups excluding carboxylic acids is 2. The average Bonchev–Trinajstić information content (AvgIpc) is 3.31. The molecular weight excluding hydrogens is 369 g/mol. The van der Waals surface area contributed by atoms with E-state index in [1.165, 1.54) is 33.1 Å². The van der Waals surface area contributed by atoms with Gasteiger partial charge in [-0.15, -0.1) is 16.4 Å². The van der Waals surface area contributed by atoms with Crippen LogP contribution in [-0.4, -0.2) is 52.1 Å². The highest BCUT2D eigenvalue weighted by Gasteiger charge is 2.19. The second-order valence-corrected chi connectivity index (χ2v) is 6.87. The van der Waals surface area contributed by atoms with Crippen molar-refractivity contribution in [1.29, 1.82) is 0 Å². The van der Waals surface area contributed by atoms with Crippen molar-refractivity contribution in [3.8, 4) is 16.4 Å². The molecule has 9 heteroatoms. The Bertz CT molecular complexity index is 935. The second kappa shape index (κ2) is 8.09. The van der Waals surface area contributed by atoms with Crippen molar-refractivity contribution in [2.45, 2.75) is 6.42 Å². The van der Waals surface area contributed by atoms with E-state index in [-0.39, 0.29) is 30.5 Å². The summed E-state index contributed by atoms with van der Waals surface area (Å²) in [4.78, 5) is 30.6. The van der Waals surface area contributed by atoms with Crippen molar-refractivity contribution in [3.63, 3.8) is 0 Å². The minimum atomic E-state index is -0.472.